The summed E-state index contributed by atoms with van der Waals surface area (Å²) in [4.78, 5) is 23.8. The van der Waals surface area contributed by atoms with Gasteiger partial charge in [-0.25, -0.2) is 13.4 Å². The van der Waals surface area contributed by atoms with Gasteiger partial charge < -0.3 is 0 Å². The molecule has 1 unspecified atom stereocenters. The Morgan fingerprint density at radius 2 is 2.11 bits per heavy atom. The minimum Gasteiger partial charge on any atom is -0.282 e. The summed E-state index contributed by atoms with van der Waals surface area (Å²) in [6.45, 7) is 0.663. The zero-order valence-corrected chi connectivity index (χ0v) is 17.0. The second kappa shape index (κ2) is 7.57. The summed E-state index contributed by atoms with van der Waals surface area (Å²) in [5.41, 5.74) is 1.68. The van der Waals surface area contributed by atoms with Gasteiger partial charge in [0.1, 0.15) is 6.04 Å². The van der Waals surface area contributed by atoms with E-state index in [2.05, 4.69) is 9.97 Å². The van der Waals surface area contributed by atoms with Crippen molar-refractivity contribution in [3.05, 3.63) is 54.4 Å². The summed E-state index contributed by atoms with van der Waals surface area (Å²) in [7, 11) is -3.45. The molecule has 3 aromatic rings. The quantitative estimate of drug-likeness (QED) is 0.638. The van der Waals surface area contributed by atoms with E-state index in [0.29, 0.717) is 31.1 Å². The average molecular weight is 417 g/mol. The molecule has 1 aliphatic heterocycles. The Bertz CT molecular complexity index is 1070. The second-order valence-corrected chi connectivity index (χ2v) is 9.73. The Labute approximate surface area is 167 Å². The molecule has 3 heterocycles. The highest BCUT2D eigenvalue weighted by Crippen LogP contribution is 2.32. The van der Waals surface area contributed by atoms with Crippen LogP contribution < -0.4 is 4.90 Å². The van der Waals surface area contributed by atoms with Gasteiger partial charge in [0, 0.05) is 18.9 Å². The summed E-state index contributed by atoms with van der Waals surface area (Å²) >= 11 is 1.43. The van der Waals surface area contributed by atoms with Crippen molar-refractivity contribution in [1.82, 2.24) is 14.3 Å². The topological polar surface area (TPSA) is 83.5 Å². The molecule has 0 bridgehead atoms. The minimum atomic E-state index is -3.45. The van der Waals surface area contributed by atoms with Crippen LogP contribution >= 0.6 is 11.3 Å². The van der Waals surface area contributed by atoms with Crippen LogP contribution in [-0.4, -0.2) is 47.4 Å². The van der Waals surface area contributed by atoms with Crippen LogP contribution in [0.2, 0.25) is 0 Å². The summed E-state index contributed by atoms with van der Waals surface area (Å²) in [6, 6.07) is 10.7. The van der Waals surface area contributed by atoms with Gasteiger partial charge in [-0.3, -0.25) is 14.7 Å². The van der Waals surface area contributed by atoms with Gasteiger partial charge in [0.25, 0.3) is 0 Å². The highest BCUT2D eigenvalue weighted by molar-refractivity contribution is 7.88. The van der Waals surface area contributed by atoms with Gasteiger partial charge in [-0.2, -0.15) is 4.31 Å². The van der Waals surface area contributed by atoms with Crippen LogP contribution in [0.1, 0.15) is 18.4 Å². The second-order valence-electron chi connectivity index (χ2n) is 6.78. The van der Waals surface area contributed by atoms with Crippen LogP contribution in [0.4, 0.5) is 5.13 Å². The van der Waals surface area contributed by atoms with E-state index in [-0.39, 0.29) is 5.91 Å². The van der Waals surface area contributed by atoms with E-state index >= 15 is 0 Å². The predicted molar refractivity (Wildman–Crippen MR) is 110 cm³/mol. The first kappa shape index (κ1) is 19.0. The lowest BCUT2D eigenvalue weighted by molar-refractivity contribution is -0.121. The fourth-order valence-corrected chi connectivity index (χ4v) is 5.54. The number of sulfonamides is 1. The van der Waals surface area contributed by atoms with Crippen LogP contribution in [0.5, 0.6) is 0 Å². The lowest BCUT2D eigenvalue weighted by Gasteiger charge is -2.27. The SMILES string of the molecule is CS(=O)(=O)N1CCCC1C(=O)N(Cc1cccnc1)c1nc2ccccc2s1. The number of aromatic nitrogens is 2. The maximum atomic E-state index is 13.5. The van der Waals surface area contributed by atoms with Crippen molar-refractivity contribution < 1.29 is 13.2 Å². The maximum absolute atomic E-state index is 13.5. The lowest BCUT2D eigenvalue weighted by Crippen LogP contribution is -2.47. The number of nitrogens with zero attached hydrogens (tertiary/aromatic N) is 4. The van der Waals surface area contributed by atoms with E-state index < -0.39 is 16.1 Å². The summed E-state index contributed by atoms with van der Waals surface area (Å²) in [5.74, 6) is -0.245. The Morgan fingerprint density at radius 3 is 2.82 bits per heavy atom. The molecule has 28 heavy (non-hydrogen) atoms. The third kappa shape index (κ3) is 3.78. The molecule has 0 spiro atoms. The van der Waals surface area contributed by atoms with Gasteiger partial charge in [0.05, 0.1) is 23.0 Å². The highest BCUT2D eigenvalue weighted by atomic mass is 32.2. The molecular formula is C19H20N4O3S2. The van der Waals surface area contributed by atoms with Crippen LogP contribution in [0.15, 0.2) is 48.8 Å². The van der Waals surface area contributed by atoms with Crippen molar-refractivity contribution >= 4 is 42.6 Å². The Kier molecular flexibility index (Phi) is 5.13. The standard InChI is InChI=1S/C19H20N4O3S2/c1-28(25,26)23-11-5-8-16(23)18(24)22(13-14-6-4-10-20-12-14)19-21-15-7-2-3-9-17(15)27-19/h2-4,6-7,9-10,12,16H,5,8,11,13H2,1H3. The van der Waals surface area contributed by atoms with E-state index in [1.54, 1.807) is 17.3 Å². The van der Waals surface area contributed by atoms with E-state index in [1.807, 2.05) is 36.4 Å². The number of anilines is 1. The molecule has 1 fully saturated rings. The molecule has 2 aromatic heterocycles. The summed E-state index contributed by atoms with van der Waals surface area (Å²) in [6.07, 6.45) is 5.72. The molecule has 1 aromatic carbocycles. The number of hydrogen-bond acceptors (Lipinski definition) is 6. The number of benzene rings is 1. The molecule has 0 saturated carbocycles. The van der Waals surface area contributed by atoms with Crippen molar-refractivity contribution in [1.29, 1.82) is 0 Å². The van der Waals surface area contributed by atoms with E-state index in [1.165, 1.54) is 15.6 Å². The molecule has 146 valence electrons. The number of carbonyl (C=O) groups is 1. The fraction of sp³-hybridized carbons (Fsp3) is 0.316. The minimum absolute atomic E-state index is 0.245. The molecular weight excluding hydrogens is 396 g/mol. The molecule has 1 aliphatic rings. The number of rotatable bonds is 5. The van der Waals surface area contributed by atoms with Crippen LogP contribution in [-0.2, 0) is 21.4 Å². The molecule has 1 amide bonds. The van der Waals surface area contributed by atoms with Crippen molar-refractivity contribution in [3.8, 4) is 0 Å². The van der Waals surface area contributed by atoms with Gasteiger partial charge in [0.2, 0.25) is 15.9 Å². The number of amides is 1. The molecule has 7 nitrogen and oxygen atoms in total. The molecule has 0 radical (unpaired) electrons. The largest absolute Gasteiger partial charge is 0.282 e. The lowest BCUT2D eigenvalue weighted by atomic mass is 10.2. The summed E-state index contributed by atoms with van der Waals surface area (Å²) < 4.78 is 26.6. The van der Waals surface area contributed by atoms with Crippen LogP contribution in [0.3, 0.4) is 0 Å². The van der Waals surface area contributed by atoms with Crippen molar-refractivity contribution in [2.75, 3.05) is 17.7 Å². The monoisotopic (exact) mass is 416 g/mol. The van der Waals surface area contributed by atoms with Crippen LogP contribution in [0, 0.1) is 0 Å². The predicted octanol–water partition coefficient (Wildman–Crippen LogP) is 2.65. The first-order valence-corrected chi connectivity index (χ1v) is 11.6. The average Bonchev–Trinajstić information content (AvgIpc) is 3.33. The molecule has 0 N–H and O–H groups in total. The first-order valence-electron chi connectivity index (χ1n) is 8.96. The number of pyridine rings is 1. The normalized spacial score (nSPS) is 17.8. The van der Waals surface area contributed by atoms with Gasteiger partial charge in [-0.15, -0.1) is 0 Å². The summed E-state index contributed by atoms with van der Waals surface area (Å²) in [5, 5.41) is 0.565. The zero-order valence-electron chi connectivity index (χ0n) is 15.4. The van der Waals surface area contributed by atoms with Crippen molar-refractivity contribution in [3.63, 3.8) is 0 Å². The smallest absolute Gasteiger partial charge is 0.247 e. The van der Waals surface area contributed by atoms with Crippen LogP contribution in [0.25, 0.3) is 10.2 Å². The van der Waals surface area contributed by atoms with Gasteiger partial charge in [0.15, 0.2) is 5.13 Å². The zero-order chi connectivity index (χ0) is 19.7. The van der Waals surface area contributed by atoms with Crippen molar-refractivity contribution in [2.24, 2.45) is 0 Å². The van der Waals surface area contributed by atoms with Gasteiger partial charge in [-0.1, -0.05) is 29.5 Å². The maximum Gasteiger partial charge on any atom is 0.247 e. The molecule has 0 aliphatic carbocycles. The number of para-hydroxylation sites is 1. The Hall–Kier alpha value is -2.36. The van der Waals surface area contributed by atoms with Gasteiger partial charge >= 0.3 is 0 Å². The Balaban J connectivity index is 1.73. The number of thiazole rings is 1. The highest BCUT2D eigenvalue weighted by Gasteiger charge is 2.39. The number of hydrogen-bond donors (Lipinski definition) is 0. The van der Waals surface area contributed by atoms with E-state index in [4.69, 9.17) is 0 Å². The van der Waals surface area contributed by atoms with E-state index in [9.17, 15) is 13.2 Å². The molecule has 4 rings (SSSR count). The Morgan fingerprint density at radius 1 is 1.29 bits per heavy atom. The van der Waals surface area contributed by atoms with E-state index in [0.717, 1.165) is 22.0 Å². The third-order valence-electron chi connectivity index (χ3n) is 4.76. The molecule has 1 saturated heterocycles. The number of fused-ring (bicyclic) bond motifs is 1. The van der Waals surface area contributed by atoms with Gasteiger partial charge in [-0.05, 0) is 36.6 Å². The first-order chi connectivity index (χ1) is 13.4. The number of carbonyl (C=O) groups excluding carboxylic acids is 1. The molecule has 9 heteroatoms. The fourth-order valence-electron chi connectivity index (χ4n) is 3.45. The molecule has 1 atom stereocenters. The van der Waals surface area contributed by atoms with Crippen molar-refractivity contribution in [2.45, 2.75) is 25.4 Å². The third-order valence-corrected chi connectivity index (χ3v) is 7.11.